The molecule has 1 aromatic heterocycles. The van der Waals surface area contributed by atoms with Crippen LogP contribution >= 0.6 is 11.8 Å². The van der Waals surface area contributed by atoms with Crippen LogP contribution in [0.3, 0.4) is 0 Å². The second-order valence-electron chi connectivity index (χ2n) is 5.33. The topological polar surface area (TPSA) is 99.8 Å². The second-order valence-corrected chi connectivity index (χ2v) is 6.32. The average Bonchev–Trinajstić information content (AvgIpc) is 3.15. The van der Waals surface area contributed by atoms with Crippen LogP contribution in [0.25, 0.3) is 6.08 Å². The summed E-state index contributed by atoms with van der Waals surface area (Å²) < 4.78 is 5.13. The van der Waals surface area contributed by atoms with Crippen molar-refractivity contribution in [3.63, 3.8) is 0 Å². The Bertz CT molecular complexity index is 873. The number of furan rings is 1. The Morgan fingerprint density at radius 2 is 2.16 bits per heavy atom. The molecular weight excluding hydrogens is 344 g/mol. The number of aromatic hydroxyl groups is 1. The Balaban J connectivity index is 1.69. The maximum atomic E-state index is 12.3. The number of hydrogen-bond donors (Lipinski definition) is 2. The minimum Gasteiger partial charge on any atom is -0.508 e. The van der Waals surface area contributed by atoms with Gasteiger partial charge in [0, 0.05) is 11.8 Å². The zero-order valence-corrected chi connectivity index (χ0v) is 14.0. The Hall–Kier alpha value is -3.00. The van der Waals surface area contributed by atoms with Gasteiger partial charge in [-0.25, -0.2) is 0 Å². The molecule has 1 fully saturated rings. The summed E-state index contributed by atoms with van der Waals surface area (Å²) in [6, 6.07) is 7.82. The van der Waals surface area contributed by atoms with Gasteiger partial charge in [-0.05, 0) is 54.6 Å². The number of hydrogen-bond acceptors (Lipinski definition) is 6. The number of carbonyl (C=O) groups excluding carboxylic acids is 3. The number of phenols is 1. The van der Waals surface area contributed by atoms with Crippen LogP contribution in [0.4, 0.5) is 10.5 Å². The minimum atomic E-state index is -0.538. The number of rotatable bonds is 4. The molecule has 128 valence electrons. The number of anilines is 1. The molecule has 8 heteroatoms. The predicted molar refractivity (Wildman–Crippen MR) is 92.9 cm³/mol. The molecule has 2 N–H and O–H groups in total. The summed E-state index contributed by atoms with van der Waals surface area (Å²) >= 11 is 0.759. The van der Waals surface area contributed by atoms with Gasteiger partial charge in [-0.15, -0.1) is 0 Å². The molecule has 1 aliphatic rings. The third kappa shape index (κ3) is 3.74. The lowest BCUT2D eigenvalue weighted by Crippen LogP contribution is -2.36. The van der Waals surface area contributed by atoms with Gasteiger partial charge in [-0.2, -0.15) is 0 Å². The molecule has 0 unspecified atom stereocenters. The van der Waals surface area contributed by atoms with Crippen LogP contribution in [-0.2, 0) is 9.59 Å². The smallest absolute Gasteiger partial charge is 0.294 e. The normalized spacial score (nSPS) is 15.9. The summed E-state index contributed by atoms with van der Waals surface area (Å²) in [7, 11) is 0. The number of aryl methyl sites for hydroxylation is 1. The van der Waals surface area contributed by atoms with Crippen LogP contribution in [-0.4, -0.2) is 33.6 Å². The molecule has 0 saturated carbocycles. The third-order valence-corrected chi connectivity index (χ3v) is 4.38. The summed E-state index contributed by atoms with van der Waals surface area (Å²) in [5, 5.41) is 11.5. The van der Waals surface area contributed by atoms with Gasteiger partial charge in [0.05, 0.1) is 11.2 Å². The fourth-order valence-corrected chi connectivity index (χ4v) is 3.08. The number of nitrogens with one attached hydrogen (secondary N) is 1. The molecule has 3 rings (SSSR count). The molecule has 3 amide bonds. The van der Waals surface area contributed by atoms with E-state index in [1.807, 2.05) is 0 Å². The van der Waals surface area contributed by atoms with Gasteiger partial charge in [0.15, 0.2) is 0 Å². The van der Waals surface area contributed by atoms with Gasteiger partial charge >= 0.3 is 0 Å². The molecule has 25 heavy (non-hydrogen) atoms. The van der Waals surface area contributed by atoms with Gasteiger partial charge in [-0.1, -0.05) is 0 Å². The molecule has 1 aromatic carbocycles. The van der Waals surface area contributed by atoms with Gasteiger partial charge in [0.25, 0.3) is 11.1 Å². The first-order valence-corrected chi connectivity index (χ1v) is 8.14. The third-order valence-electron chi connectivity index (χ3n) is 3.48. The zero-order chi connectivity index (χ0) is 18.0. The molecule has 0 atom stereocenters. The number of nitrogens with zero attached hydrogens (tertiary/aromatic N) is 1. The number of imide groups is 1. The van der Waals surface area contributed by atoms with E-state index in [9.17, 15) is 19.5 Å². The van der Waals surface area contributed by atoms with Crippen molar-refractivity contribution in [2.45, 2.75) is 6.92 Å². The zero-order valence-electron chi connectivity index (χ0n) is 13.2. The van der Waals surface area contributed by atoms with E-state index >= 15 is 0 Å². The number of thioether (sulfide) groups is 1. The highest BCUT2D eigenvalue weighted by molar-refractivity contribution is 8.18. The predicted octanol–water partition coefficient (Wildman–Crippen LogP) is 2.97. The first kappa shape index (κ1) is 16.8. The van der Waals surface area contributed by atoms with Crippen LogP contribution in [0.1, 0.15) is 11.3 Å². The van der Waals surface area contributed by atoms with Crippen molar-refractivity contribution >= 4 is 40.6 Å². The Morgan fingerprint density at radius 3 is 2.84 bits per heavy atom. The summed E-state index contributed by atoms with van der Waals surface area (Å²) in [5.41, 5.74) is 1.17. The van der Waals surface area contributed by atoms with Crippen molar-refractivity contribution < 1.29 is 23.9 Å². The quantitative estimate of drug-likeness (QED) is 0.644. The van der Waals surface area contributed by atoms with E-state index in [4.69, 9.17) is 4.42 Å². The Kier molecular flexibility index (Phi) is 4.62. The van der Waals surface area contributed by atoms with E-state index in [1.165, 1.54) is 24.5 Å². The number of phenolic OH excluding ortho intramolecular Hbond substituents is 1. The summed E-state index contributed by atoms with van der Waals surface area (Å²) in [4.78, 5) is 37.5. The highest BCUT2D eigenvalue weighted by atomic mass is 32.2. The number of benzene rings is 1. The molecule has 1 aliphatic heterocycles. The first-order valence-electron chi connectivity index (χ1n) is 7.32. The SMILES string of the molecule is Cc1cc(O)ccc1NC(=O)CN1C(=O)S/C(=C\c2ccco2)C1=O. The Labute approximate surface area is 147 Å². The highest BCUT2D eigenvalue weighted by Gasteiger charge is 2.36. The summed E-state index contributed by atoms with van der Waals surface area (Å²) in [5.74, 6) is -0.501. The Morgan fingerprint density at radius 1 is 1.36 bits per heavy atom. The van der Waals surface area contributed by atoms with Crippen molar-refractivity contribution in [3.8, 4) is 5.75 Å². The maximum absolute atomic E-state index is 12.3. The van der Waals surface area contributed by atoms with Crippen LogP contribution in [0.2, 0.25) is 0 Å². The number of amides is 3. The van der Waals surface area contributed by atoms with Crippen LogP contribution in [0, 0.1) is 6.92 Å². The number of carbonyl (C=O) groups is 3. The fourth-order valence-electron chi connectivity index (χ4n) is 2.26. The van der Waals surface area contributed by atoms with Gasteiger partial charge in [-0.3, -0.25) is 19.3 Å². The van der Waals surface area contributed by atoms with Crippen molar-refractivity contribution in [1.82, 2.24) is 4.90 Å². The first-order chi connectivity index (χ1) is 11.9. The monoisotopic (exact) mass is 358 g/mol. The van der Waals surface area contributed by atoms with E-state index in [2.05, 4.69) is 5.32 Å². The maximum Gasteiger partial charge on any atom is 0.294 e. The standard InChI is InChI=1S/C17H14N2O5S/c1-10-7-11(20)4-5-13(10)18-15(21)9-19-16(22)14(25-17(19)23)8-12-3-2-6-24-12/h2-8,20H,9H2,1H3,(H,18,21)/b14-8-. The molecule has 0 aliphatic carbocycles. The van der Waals surface area contributed by atoms with Crippen molar-refractivity contribution in [2.75, 3.05) is 11.9 Å². The average molecular weight is 358 g/mol. The summed E-state index contributed by atoms with van der Waals surface area (Å²) in [6.07, 6.45) is 2.93. The highest BCUT2D eigenvalue weighted by Crippen LogP contribution is 2.32. The van der Waals surface area contributed by atoms with Gasteiger partial charge in [0.1, 0.15) is 18.1 Å². The van der Waals surface area contributed by atoms with Crippen molar-refractivity contribution in [1.29, 1.82) is 0 Å². The van der Waals surface area contributed by atoms with Gasteiger partial charge < -0.3 is 14.8 Å². The lowest BCUT2D eigenvalue weighted by atomic mass is 10.2. The largest absolute Gasteiger partial charge is 0.508 e. The molecule has 2 heterocycles. The van der Waals surface area contributed by atoms with Crippen LogP contribution in [0.15, 0.2) is 45.9 Å². The van der Waals surface area contributed by atoms with Crippen molar-refractivity contribution in [3.05, 3.63) is 52.8 Å². The molecule has 7 nitrogen and oxygen atoms in total. The molecule has 1 saturated heterocycles. The lowest BCUT2D eigenvalue weighted by Gasteiger charge is -2.13. The van der Waals surface area contributed by atoms with E-state index in [-0.39, 0.29) is 17.2 Å². The van der Waals surface area contributed by atoms with E-state index in [0.29, 0.717) is 17.0 Å². The van der Waals surface area contributed by atoms with Crippen LogP contribution < -0.4 is 5.32 Å². The van der Waals surface area contributed by atoms with E-state index < -0.39 is 17.1 Å². The van der Waals surface area contributed by atoms with Crippen LogP contribution in [0.5, 0.6) is 5.75 Å². The van der Waals surface area contributed by atoms with E-state index in [0.717, 1.165) is 16.7 Å². The molecule has 2 aromatic rings. The molecule has 0 bridgehead atoms. The fraction of sp³-hybridized carbons (Fsp3) is 0.118. The van der Waals surface area contributed by atoms with Gasteiger partial charge in [0.2, 0.25) is 5.91 Å². The molecular formula is C17H14N2O5S. The molecule has 0 radical (unpaired) electrons. The second kappa shape index (κ2) is 6.86. The minimum absolute atomic E-state index is 0.0875. The van der Waals surface area contributed by atoms with Crippen molar-refractivity contribution in [2.24, 2.45) is 0 Å². The lowest BCUT2D eigenvalue weighted by molar-refractivity contribution is -0.127. The summed E-state index contributed by atoms with van der Waals surface area (Å²) in [6.45, 7) is 1.34. The molecule has 0 spiro atoms. The van der Waals surface area contributed by atoms with E-state index in [1.54, 1.807) is 25.1 Å².